The minimum absolute atomic E-state index is 0.105. The van der Waals surface area contributed by atoms with Gasteiger partial charge in [-0.1, -0.05) is 6.92 Å². The summed E-state index contributed by atoms with van der Waals surface area (Å²) in [7, 11) is 1.92. The quantitative estimate of drug-likeness (QED) is 0.263. The molecule has 4 rings (SSSR count). The molecule has 1 N–H and O–H groups in total. The first-order valence-corrected chi connectivity index (χ1v) is 13.7. The molecule has 11 nitrogen and oxygen atoms in total. The van der Waals surface area contributed by atoms with Crippen LogP contribution in [0.3, 0.4) is 0 Å². The highest BCUT2D eigenvalue weighted by Crippen LogP contribution is 2.26. The summed E-state index contributed by atoms with van der Waals surface area (Å²) in [5, 5.41) is 12.6. The van der Waals surface area contributed by atoms with Crippen LogP contribution >= 0.6 is 12.2 Å². The van der Waals surface area contributed by atoms with E-state index in [9.17, 15) is 9.59 Å². The van der Waals surface area contributed by atoms with Gasteiger partial charge in [0.2, 0.25) is 12.2 Å². The van der Waals surface area contributed by atoms with Gasteiger partial charge in [-0.15, -0.1) is 0 Å². The van der Waals surface area contributed by atoms with Gasteiger partial charge in [-0.2, -0.15) is 10.2 Å². The first-order valence-electron chi connectivity index (χ1n) is 13.3. The number of ether oxygens (including phenoxy) is 2. The third-order valence-corrected chi connectivity index (χ3v) is 6.99. The molecule has 1 aliphatic rings. The Labute approximate surface area is 244 Å². The van der Waals surface area contributed by atoms with Crippen molar-refractivity contribution >= 4 is 58.1 Å². The molecule has 1 unspecified atom stereocenters. The van der Waals surface area contributed by atoms with Crippen molar-refractivity contribution in [1.29, 1.82) is 5.26 Å². The van der Waals surface area contributed by atoms with Crippen molar-refractivity contribution in [2.24, 2.45) is 11.8 Å². The van der Waals surface area contributed by atoms with Crippen LogP contribution < -0.4 is 10.1 Å². The average molecular weight is 577 g/mol. The fourth-order valence-electron chi connectivity index (χ4n) is 4.60. The molecule has 12 heteroatoms. The number of nitriles is 1. The third-order valence-electron chi connectivity index (χ3n) is 6.71. The van der Waals surface area contributed by atoms with Crippen molar-refractivity contribution in [2.45, 2.75) is 46.1 Å². The molecule has 2 aromatic heterocycles. The zero-order chi connectivity index (χ0) is 29.7. The number of piperidine rings is 1. The third kappa shape index (κ3) is 7.43. The van der Waals surface area contributed by atoms with Crippen molar-refractivity contribution in [3.05, 3.63) is 42.9 Å². The highest BCUT2D eigenvalue weighted by Gasteiger charge is 2.30. The van der Waals surface area contributed by atoms with Crippen LogP contribution in [0.4, 0.5) is 16.3 Å². The summed E-state index contributed by atoms with van der Waals surface area (Å²) in [4.78, 5) is 35.0. The zero-order valence-electron chi connectivity index (χ0n) is 23.8. The van der Waals surface area contributed by atoms with Gasteiger partial charge >= 0.3 is 11.9 Å². The van der Waals surface area contributed by atoms with Crippen molar-refractivity contribution < 1.29 is 23.6 Å². The number of benzene rings is 1. The van der Waals surface area contributed by atoms with Crippen LogP contribution in [0, 0.1) is 23.2 Å². The summed E-state index contributed by atoms with van der Waals surface area (Å²) in [6.45, 7) is 8.79. The lowest BCUT2D eigenvalue weighted by Crippen LogP contribution is -2.44. The molecule has 1 saturated heterocycles. The number of carbonyl (C=O) groups excluding carboxylic acids is 2. The highest BCUT2D eigenvalue weighted by molar-refractivity contribution is 7.80. The van der Waals surface area contributed by atoms with Gasteiger partial charge in [0.25, 0.3) is 5.17 Å². The van der Waals surface area contributed by atoms with Crippen molar-refractivity contribution in [3.8, 4) is 11.8 Å². The highest BCUT2D eigenvalue weighted by atomic mass is 32.1. The second-order valence-electron chi connectivity index (χ2n) is 11.0. The fraction of sp³-hybridized carbons (Fsp3) is 0.414. The van der Waals surface area contributed by atoms with E-state index in [2.05, 4.69) is 28.4 Å². The van der Waals surface area contributed by atoms with Crippen LogP contribution in [0.15, 0.2) is 42.9 Å². The number of nitrogens with zero attached hydrogens (tertiary/aromatic N) is 6. The van der Waals surface area contributed by atoms with E-state index in [1.807, 2.05) is 23.8 Å². The van der Waals surface area contributed by atoms with Crippen LogP contribution in [-0.2, 0) is 9.53 Å². The normalized spacial score (nSPS) is 17.6. The van der Waals surface area contributed by atoms with E-state index >= 15 is 0 Å². The SMILES string of the molecule is C[C@@H]1CCN(C(=O)CC#N)CC1/C=[N+](\C)c1ncnc2c1ccn2C(=S)Oc1ccc(NC(=O)OC(C)(C)C)cc1. The minimum atomic E-state index is -0.594. The number of hydrogen-bond donors (Lipinski definition) is 1. The molecule has 0 spiro atoms. The molecule has 0 bridgehead atoms. The number of fused-ring (bicyclic) bond motifs is 1. The first-order chi connectivity index (χ1) is 19.4. The van der Waals surface area contributed by atoms with Crippen LogP contribution in [0.5, 0.6) is 5.75 Å². The van der Waals surface area contributed by atoms with Crippen molar-refractivity contribution in [3.63, 3.8) is 0 Å². The molecule has 1 aromatic carbocycles. The second-order valence-corrected chi connectivity index (χ2v) is 11.4. The molecular weight excluding hydrogens is 542 g/mol. The molecule has 1 aliphatic heterocycles. The summed E-state index contributed by atoms with van der Waals surface area (Å²) in [5.74, 6) is 1.54. The summed E-state index contributed by atoms with van der Waals surface area (Å²) in [6.07, 6.45) is 5.56. The lowest BCUT2D eigenvalue weighted by Gasteiger charge is -2.34. The number of nitrogens with one attached hydrogen (secondary N) is 1. The van der Waals surface area contributed by atoms with Gasteiger partial charge in [0.05, 0.1) is 19.3 Å². The lowest BCUT2D eigenvalue weighted by molar-refractivity contribution is -0.405. The molecule has 0 saturated carbocycles. The Balaban J connectivity index is 1.48. The van der Waals surface area contributed by atoms with Gasteiger partial charge in [0.15, 0.2) is 5.65 Å². The lowest BCUT2D eigenvalue weighted by atomic mass is 9.87. The number of amides is 2. The predicted molar refractivity (Wildman–Crippen MR) is 158 cm³/mol. The van der Waals surface area contributed by atoms with Gasteiger partial charge in [0, 0.05) is 30.9 Å². The van der Waals surface area contributed by atoms with E-state index in [1.54, 1.807) is 60.7 Å². The Kier molecular flexibility index (Phi) is 8.98. The summed E-state index contributed by atoms with van der Waals surface area (Å²) in [5.41, 5.74) is 0.556. The fourth-order valence-corrected chi connectivity index (χ4v) is 4.84. The van der Waals surface area contributed by atoms with E-state index in [4.69, 9.17) is 27.0 Å². The van der Waals surface area contributed by atoms with Gasteiger partial charge in [-0.25, -0.2) is 9.37 Å². The maximum atomic E-state index is 12.3. The Morgan fingerprint density at radius 2 is 1.98 bits per heavy atom. The Hall–Kier alpha value is -4.37. The maximum Gasteiger partial charge on any atom is 0.412 e. The molecule has 1 fully saturated rings. The number of rotatable bonds is 5. The molecule has 2 amide bonds. The van der Waals surface area contributed by atoms with Crippen LogP contribution in [-0.4, -0.2) is 73.1 Å². The predicted octanol–water partition coefficient (Wildman–Crippen LogP) is 4.73. The van der Waals surface area contributed by atoms with Gasteiger partial charge in [-0.3, -0.25) is 14.7 Å². The van der Waals surface area contributed by atoms with Crippen LogP contribution in [0.25, 0.3) is 11.0 Å². The van der Waals surface area contributed by atoms with E-state index in [0.717, 1.165) is 11.8 Å². The van der Waals surface area contributed by atoms with Crippen LogP contribution in [0.2, 0.25) is 0 Å². The molecule has 3 aromatic rings. The van der Waals surface area contributed by atoms with Gasteiger partial charge in [0.1, 0.15) is 23.2 Å². The second kappa shape index (κ2) is 12.4. The molecule has 3 heterocycles. The number of thiocarbonyl (C=S) groups is 1. The smallest absolute Gasteiger partial charge is 0.412 e. The van der Waals surface area contributed by atoms with Crippen molar-refractivity contribution in [1.82, 2.24) is 19.4 Å². The molecule has 41 heavy (non-hydrogen) atoms. The maximum absolute atomic E-state index is 12.3. The van der Waals surface area contributed by atoms with E-state index in [-0.39, 0.29) is 23.4 Å². The number of hydrogen-bond acceptors (Lipinski definition) is 8. The zero-order valence-corrected chi connectivity index (χ0v) is 24.6. The Bertz CT molecular complexity index is 1520. The Morgan fingerprint density at radius 3 is 2.66 bits per heavy atom. The molecular formula is C29H34N7O4S+. The first kappa shape index (κ1) is 29.6. The van der Waals surface area contributed by atoms with E-state index < -0.39 is 11.7 Å². The topological polar surface area (TPSA) is 125 Å². The average Bonchev–Trinajstić information content (AvgIpc) is 3.34. The van der Waals surface area contributed by atoms with Gasteiger partial charge < -0.3 is 14.4 Å². The summed E-state index contributed by atoms with van der Waals surface area (Å²) < 4.78 is 14.8. The van der Waals surface area contributed by atoms with Crippen LogP contribution in [0.1, 0.15) is 40.5 Å². The molecule has 2 atom stereocenters. The summed E-state index contributed by atoms with van der Waals surface area (Å²) in [6, 6.07) is 10.6. The number of anilines is 1. The van der Waals surface area contributed by atoms with Gasteiger partial charge in [-0.05, 0) is 80.6 Å². The van der Waals surface area contributed by atoms with Crippen molar-refractivity contribution in [2.75, 3.05) is 25.5 Å². The number of aromatic nitrogens is 3. The number of likely N-dealkylation sites (tertiary alicyclic amines) is 1. The largest absolute Gasteiger partial charge is 0.444 e. The number of carbonyl (C=O) groups is 2. The Morgan fingerprint density at radius 1 is 1.24 bits per heavy atom. The molecule has 214 valence electrons. The standard InChI is InChI=1S/C29H33N7O4S/c1-19-11-14-35(24(37)10-13-30)17-20(19)16-34(5)25-23-12-15-36(26(23)32-18-31-25)28(41)39-22-8-6-21(7-9-22)33-27(38)40-29(2,3)4/h6-9,12,15-16,18-20H,10-11,14,17H2,1-5H3/p+1/b34-16+/t19-,20?/m1/s1. The van der Waals surface area contributed by atoms with E-state index in [0.29, 0.717) is 41.9 Å². The van der Waals surface area contributed by atoms with E-state index in [1.165, 1.54) is 6.33 Å². The minimum Gasteiger partial charge on any atom is -0.444 e. The molecule has 0 radical (unpaired) electrons. The molecule has 0 aliphatic carbocycles. The monoisotopic (exact) mass is 576 g/mol. The summed E-state index contributed by atoms with van der Waals surface area (Å²) >= 11 is 5.57.